The molecular formula is C26H27F2N3O2. The number of hydrogen-bond donors (Lipinski definition) is 0. The number of allylic oxidation sites excluding steroid dienone is 1. The highest BCUT2D eigenvalue weighted by Gasteiger charge is 2.33. The number of carbonyl (C=O) groups is 1. The van der Waals surface area contributed by atoms with Crippen LogP contribution >= 0.6 is 0 Å². The number of ether oxygens (including phenoxy) is 1. The Bertz CT molecular complexity index is 1160. The molecule has 0 amide bonds. The highest BCUT2D eigenvalue weighted by atomic mass is 19.1. The van der Waals surface area contributed by atoms with E-state index in [1.807, 2.05) is 28.7 Å². The van der Waals surface area contributed by atoms with Gasteiger partial charge in [-0.25, -0.2) is 13.8 Å². The van der Waals surface area contributed by atoms with Gasteiger partial charge in [-0.15, -0.1) is 0 Å². The zero-order valence-corrected chi connectivity index (χ0v) is 18.8. The molecule has 0 saturated carbocycles. The van der Waals surface area contributed by atoms with Gasteiger partial charge in [-0.3, -0.25) is 4.79 Å². The topological polar surface area (TPSA) is 47.4 Å². The Morgan fingerprint density at radius 2 is 1.94 bits per heavy atom. The van der Waals surface area contributed by atoms with Gasteiger partial charge in [0.05, 0.1) is 24.8 Å². The highest BCUT2D eigenvalue weighted by Crippen LogP contribution is 2.37. The molecule has 1 saturated heterocycles. The maximum absolute atomic E-state index is 15.5. The summed E-state index contributed by atoms with van der Waals surface area (Å²) in [5, 5.41) is 0. The van der Waals surface area contributed by atoms with Crippen molar-refractivity contribution in [2.24, 2.45) is 0 Å². The van der Waals surface area contributed by atoms with E-state index in [1.54, 1.807) is 31.8 Å². The summed E-state index contributed by atoms with van der Waals surface area (Å²) in [7, 11) is 1.56. The fraction of sp³-hybridized carbons (Fsp3) is 0.308. The second-order valence-electron chi connectivity index (χ2n) is 8.35. The number of halogens is 2. The fourth-order valence-corrected chi connectivity index (χ4v) is 4.17. The maximum Gasteiger partial charge on any atom is 0.187 e. The third kappa shape index (κ3) is 5.13. The van der Waals surface area contributed by atoms with E-state index in [0.717, 1.165) is 11.4 Å². The first kappa shape index (κ1) is 22.7. The van der Waals surface area contributed by atoms with Crippen molar-refractivity contribution in [3.05, 3.63) is 89.9 Å². The molecule has 2 aromatic carbocycles. The molecule has 2 heterocycles. The van der Waals surface area contributed by atoms with Gasteiger partial charge in [0.25, 0.3) is 0 Å². The van der Waals surface area contributed by atoms with Crippen molar-refractivity contribution in [3.63, 3.8) is 0 Å². The van der Waals surface area contributed by atoms with Crippen LogP contribution in [0.25, 0.3) is 5.69 Å². The molecule has 0 bridgehead atoms. The van der Waals surface area contributed by atoms with Crippen molar-refractivity contribution in [1.82, 2.24) is 14.5 Å². The quantitative estimate of drug-likeness (QED) is 0.373. The van der Waals surface area contributed by atoms with Gasteiger partial charge in [0.1, 0.15) is 17.2 Å². The average Bonchev–Trinajstić information content (AvgIpc) is 3.16. The van der Waals surface area contributed by atoms with Crippen molar-refractivity contribution >= 4 is 5.78 Å². The molecule has 1 atom stereocenters. The number of rotatable bonds is 6. The van der Waals surface area contributed by atoms with Gasteiger partial charge >= 0.3 is 0 Å². The van der Waals surface area contributed by atoms with Crippen molar-refractivity contribution < 1.29 is 18.3 Å². The largest absolute Gasteiger partial charge is 0.495 e. The normalized spacial score (nSPS) is 19.0. The molecule has 1 unspecified atom stereocenters. The number of methoxy groups -OCH3 is 1. The molecule has 3 aromatic rings. The molecule has 0 radical (unpaired) electrons. The summed E-state index contributed by atoms with van der Waals surface area (Å²) in [6.45, 7) is 3.03. The first-order valence-corrected chi connectivity index (χ1v) is 11.0. The Morgan fingerprint density at radius 1 is 1.15 bits per heavy atom. The standard InChI is InChI=1S/C26H27F2N3O2/c1-19-17-31(18-29-19)23-9-4-20(16-25(23)33-2)24(32)10-14-30-13-3-11-26(28,12-15-30)21-5-7-22(27)8-6-21/h4-10,14,16-18H,3,11-13,15H2,1-2H3/b14-10+. The Labute approximate surface area is 192 Å². The number of aryl methyl sites for hydroxylation is 1. The predicted octanol–water partition coefficient (Wildman–Crippen LogP) is 5.38. The molecule has 1 aromatic heterocycles. The lowest BCUT2D eigenvalue weighted by atomic mass is 9.89. The average molecular weight is 452 g/mol. The van der Waals surface area contributed by atoms with Crippen LogP contribution in [0.5, 0.6) is 5.75 Å². The lowest BCUT2D eigenvalue weighted by molar-refractivity contribution is 0.104. The molecule has 0 spiro atoms. The number of imidazole rings is 1. The van der Waals surface area contributed by atoms with Crippen LogP contribution in [0, 0.1) is 12.7 Å². The van der Waals surface area contributed by atoms with E-state index in [4.69, 9.17) is 4.74 Å². The van der Waals surface area contributed by atoms with Gasteiger partial charge in [-0.2, -0.15) is 0 Å². The van der Waals surface area contributed by atoms with Crippen LogP contribution in [0.3, 0.4) is 0 Å². The zero-order valence-electron chi connectivity index (χ0n) is 18.8. The van der Waals surface area contributed by atoms with Gasteiger partial charge < -0.3 is 14.2 Å². The smallest absolute Gasteiger partial charge is 0.187 e. The molecule has 1 aliphatic heterocycles. The summed E-state index contributed by atoms with van der Waals surface area (Å²) in [5.41, 5.74) is 1.20. The third-order valence-corrected chi connectivity index (χ3v) is 6.07. The van der Waals surface area contributed by atoms with Gasteiger partial charge in [-0.05, 0) is 55.7 Å². The number of nitrogens with zero attached hydrogens (tertiary/aromatic N) is 3. The Kier molecular flexibility index (Phi) is 6.58. The summed E-state index contributed by atoms with van der Waals surface area (Å²) in [5.74, 6) is 0.0442. The van der Waals surface area contributed by atoms with Crippen molar-refractivity contribution in [2.45, 2.75) is 31.9 Å². The second kappa shape index (κ2) is 9.57. The van der Waals surface area contributed by atoms with E-state index >= 15 is 4.39 Å². The summed E-state index contributed by atoms with van der Waals surface area (Å²) >= 11 is 0. The van der Waals surface area contributed by atoms with E-state index in [1.165, 1.54) is 30.3 Å². The predicted molar refractivity (Wildman–Crippen MR) is 123 cm³/mol. The highest BCUT2D eigenvalue weighted by molar-refractivity contribution is 6.04. The monoisotopic (exact) mass is 451 g/mol. The van der Waals surface area contributed by atoms with Crippen molar-refractivity contribution in [3.8, 4) is 11.4 Å². The first-order valence-electron chi connectivity index (χ1n) is 11.0. The second-order valence-corrected chi connectivity index (χ2v) is 8.35. The molecule has 0 aliphatic carbocycles. The summed E-state index contributed by atoms with van der Waals surface area (Å²) < 4.78 is 36.1. The SMILES string of the molecule is COc1cc(C(=O)/C=C/N2CCCC(F)(c3ccc(F)cc3)CC2)ccc1-n1cnc(C)c1. The molecule has 0 N–H and O–H groups in total. The van der Waals surface area contributed by atoms with Crippen LogP contribution < -0.4 is 4.74 Å². The van der Waals surface area contributed by atoms with Crippen LogP contribution in [0.15, 0.2) is 67.3 Å². The number of likely N-dealkylation sites (tertiary alicyclic amines) is 1. The van der Waals surface area contributed by atoms with E-state index in [-0.39, 0.29) is 18.0 Å². The van der Waals surface area contributed by atoms with E-state index in [0.29, 0.717) is 42.8 Å². The molecule has 33 heavy (non-hydrogen) atoms. The number of ketones is 1. The van der Waals surface area contributed by atoms with Crippen LogP contribution in [0.1, 0.15) is 40.9 Å². The number of carbonyl (C=O) groups excluding carboxylic acids is 1. The molecule has 5 nitrogen and oxygen atoms in total. The van der Waals surface area contributed by atoms with Crippen molar-refractivity contribution in [1.29, 1.82) is 0 Å². The Balaban J connectivity index is 1.43. The molecule has 1 aliphatic rings. The van der Waals surface area contributed by atoms with Crippen LogP contribution in [-0.2, 0) is 5.67 Å². The van der Waals surface area contributed by atoms with Crippen LogP contribution in [0.2, 0.25) is 0 Å². The first-order chi connectivity index (χ1) is 15.9. The maximum atomic E-state index is 15.5. The number of aromatic nitrogens is 2. The van der Waals surface area contributed by atoms with Gasteiger partial charge in [0, 0.05) is 43.5 Å². The van der Waals surface area contributed by atoms with E-state index in [2.05, 4.69) is 4.98 Å². The zero-order chi connectivity index (χ0) is 23.4. The minimum absolute atomic E-state index is 0.157. The molecule has 4 rings (SSSR count). The fourth-order valence-electron chi connectivity index (χ4n) is 4.17. The van der Waals surface area contributed by atoms with Gasteiger partial charge in [0.15, 0.2) is 5.78 Å². The van der Waals surface area contributed by atoms with Crippen LogP contribution in [0.4, 0.5) is 8.78 Å². The van der Waals surface area contributed by atoms with E-state index < -0.39 is 5.67 Å². The number of alkyl halides is 1. The summed E-state index contributed by atoms with van der Waals surface area (Å²) in [6.07, 6.45) is 8.12. The van der Waals surface area contributed by atoms with Crippen LogP contribution in [-0.4, -0.2) is 40.4 Å². The van der Waals surface area contributed by atoms with E-state index in [9.17, 15) is 9.18 Å². The molecule has 172 valence electrons. The number of benzene rings is 2. The van der Waals surface area contributed by atoms with Gasteiger partial charge in [0.2, 0.25) is 0 Å². The van der Waals surface area contributed by atoms with Crippen molar-refractivity contribution in [2.75, 3.05) is 20.2 Å². The minimum atomic E-state index is -1.49. The lowest BCUT2D eigenvalue weighted by Crippen LogP contribution is -2.23. The minimum Gasteiger partial charge on any atom is -0.495 e. The third-order valence-electron chi connectivity index (χ3n) is 6.07. The Morgan fingerprint density at radius 3 is 2.64 bits per heavy atom. The number of hydrogen-bond acceptors (Lipinski definition) is 4. The summed E-state index contributed by atoms with van der Waals surface area (Å²) in [4.78, 5) is 19.0. The van der Waals surface area contributed by atoms with Gasteiger partial charge in [-0.1, -0.05) is 12.1 Å². The molecule has 1 fully saturated rings. The summed E-state index contributed by atoms with van der Waals surface area (Å²) in [6, 6.07) is 10.9. The lowest BCUT2D eigenvalue weighted by Gasteiger charge is -2.24. The molecular weight excluding hydrogens is 424 g/mol. The molecule has 7 heteroatoms. The Hall–Kier alpha value is -3.48.